The van der Waals surface area contributed by atoms with Crippen molar-refractivity contribution in [1.29, 1.82) is 0 Å². The normalized spacial score (nSPS) is 25.7. The SMILES string of the molecule is Cc1cnc(NCC2(c3ccc(N4C[C@@H]5[C@H](N)CCN5C4=O)cc3)CCC2)s1. The van der Waals surface area contributed by atoms with E-state index in [0.717, 1.165) is 30.3 Å². The third-order valence-corrected chi connectivity index (χ3v) is 7.62. The fraction of sp³-hybridized carbons (Fsp3) is 0.524. The Balaban J connectivity index is 1.31. The Morgan fingerprint density at radius 2 is 2.11 bits per heavy atom. The maximum atomic E-state index is 12.7. The lowest BCUT2D eigenvalue weighted by Gasteiger charge is -2.42. The molecule has 3 N–H and O–H groups in total. The first-order chi connectivity index (χ1) is 13.6. The van der Waals surface area contributed by atoms with Gasteiger partial charge in [-0.05, 0) is 43.9 Å². The van der Waals surface area contributed by atoms with E-state index < -0.39 is 0 Å². The van der Waals surface area contributed by atoms with Crippen LogP contribution in [0.3, 0.4) is 0 Å². The Morgan fingerprint density at radius 3 is 2.71 bits per heavy atom. The molecule has 3 heterocycles. The van der Waals surface area contributed by atoms with Crippen molar-refractivity contribution >= 4 is 28.2 Å². The molecule has 2 saturated heterocycles. The van der Waals surface area contributed by atoms with Gasteiger partial charge in [0, 0.05) is 47.9 Å². The smallest absolute Gasteiger partial charge is 0.324 e. The molecule has 2 aliphatic heterocycles. The second-order valence-electron chi connectivity index (χ2n) is 8.42. The average Bonchev–Trinajstić information content (AvgIpc) is 3.33. The highest BCUT2D eigenvalue weighted by Crippen LogP contribution is 2.44. The van der Waals surface area contributed by atoms with E-state index in [4.69, 9.17) is 5.73 Å². The van der Waals surface area contributed by atoms with Crippen LogP contribution >= 0.6 is 11.3 Å². The number of hydrogen-bond acceptors (Lipinski definition) is 5. The molecule has 1 aliphatic carbocycles. The molecule has 5 rings (SSSR count). The van der Waals surface area contributed by atoms with E-state index in [1.165, 1.54) is 29.7 Å². The summed E-state index contributed by atoms with van der Waals surface area (Å²) in [6.45, 7) is 4.48. The number of amides is 2. The van der Waals surface area contributed by atoms with E-state index in [1.807, 2.05) is 16.0 Å². The predicted molar refractivity (Wildman–Crippen MR) is 113 cm³/mol. The maximum absolute atomic E-state index is 12.7. The molecule has 6 nitrogen and oxygen atoms in total. The number of benzene rings is 1. The summed E-state index contributed by atoms with van der Waals surface area (Å²) in [5.41, 5.74) is 8.69. The lowest BCUT2D eigenvalue weighted by atomic mass is 9.64. The molecule has 7 heteroatoms. The maximum Gasteiger partial charge on any atom is 0.324 e. The molecular formula is C21H27N5OS. The van der Waals surface area contributed by atoms with E-state index in [2.05, 4.69) is 41.5 Å². The largest absolute Gasteiger partial charge is 0.361 e. The first-order valence-corrected chi connectivity index (χ1v) is 11.0. The van der Waals surface area contributed by atoms with E-state index in [1.54, 1.807) is 11.3 Å². The number of fused-ring (bicyclic) bond motifs is 1. The molecule has 1 aromatic carbocycles. The van der Waals surface area contributed by atoms with Crippen molar-refractivity contribution in [2.45, 2.75) is 50.1 Å². The number of urea groups is 1. The summed E-state index contributed by atoms with van der Waals surface area (Å²) < 4.78 is 0. The van der Waals surface area contributed by atoms with Gasteiger partial charge in [-0.1, -0.05) is 18.6 Å². The molecule has 2 amide bonds. The number of thiazole rings is 1. The summed E-state index contributed by atoms with van der Waals surface area (Å²) in [7, 11) is 0. The van der Waals surface area contributed by atoms with Gasteiger partial charge in [0.25, 0.3) is 0 Å². The molecule has 3 fully saturated rings. The number of aryl methyl sites for hydroxylation is 1. The van der Waals surface area contributed by atoms with Gasteiger partial charge in [0.2, 0.25) is 0 Å². The molecule has 2 atom stereocenters. The van der Waals surface area contributed by atoms with Crippen molar-refractivity contribution in [3.8, 4) is 0 Å². The zero-order valence-corrected chi connectivity index (χ0v) is 17.0. The van der Waals surface area contributed by atoms with Crippen molar-refractivity contribution in [2.24, 2.45) is 5.73 Å². The Hall–Kier alpha value is -2.12. The number of hydrogen-bond donors (Lipinski definition) is 2. The molecule has 1 aromatic heterocycles. The molecular weight excluding hydrogens is 370 g/mol. The zero-order valence-electron chi connectivity index (χ0n) is 16.2. The summed E-state index contributed by atoms with van der Waals surface area (Å²) in [4.78, 5) is 22.2. The minimum atomic E-state index is 0.102. The van der Waals surface area contributed by atoms with E-state index in [9.17, 15) is 4.79 Å². The first-order valence-electron chi connectivity index (χ1n) is 10.2. The summed E-state index contributed by atoms with van der Waals surface area (Å²) in [6, 6.07) is 9.00. The van der Waals surface area contributed by atoms with Crippen LogP contribution < -0.4 is 16.0 Å². The Morgan fingerprint density at radius 1 is 1.32 bits per heavy atom. The van der Waals surface area contributed by atoms with Gasteiger partial charge < -0.3 is 16.0 Å². The van der Waals surface area contributed by atoms with E-state index in [-0.39, 0.29) is 23.5 Å². The Bertz CT molecular complexity index is 875. The standard InChI is InChI=1S/C21H27N5OS/c1-14-11-23-19(28-14)24-13-21(8-2-9-21)15-3-5-16(6-4-15)26-12-18-17(22)7-10-25(18)20(26)27/h3-6,11,17-18H,2,7-10,12-13,22H2,1H3,(H,23,24)/t17-,18-/m1/s1. The molecule has 148 valence electrons. The lowest BCUT2D eigenvalue weighted by molar-refractivity contribution is 0.218. The van der Waals surface area contributed by atoms with Crippen LogP contribution in [0.2, 0.25) is 0 Å². The molecule has 3 aliphatic rings. The van der Waals surface area contributed by atoms with Crippen molar-refractivity contribution in [3.05, 3.63) is 40.9 Å². The number of nitrogens with zero attached hydrogens (tertiary/aromatic N) is 3. The predicted octanol–water partition coefficient (Wildman–Crippen LogP) is 3.33. The molecule has 0 bridgehead atoms. The van der Waals surface area contributed by atoms with Crippen LogP contribution in [-0.4, -0.2) is 47.6 Å². The lowest BCUT2D eigenvalue weighted by Crippen LogP contribution is -2.41. The topological polar surface area (TPSA) is 74.5 Å². The molecule has 0 spiro atoms. The van der Waals surface area contributed by atoms with Crippen molar-refractivity contribution in [2.75, 3.05) is 29.9 Å². The van der Waals surface area contributed by atoms with Gasteiger partial charge in [0.05, 0.1) is 6.04 Å². The highest BCUT2D eigenvalue weighted by Gasteiger charge is 2.45. The van der Waals surface area contributed by atoms with Crippen molar-refractivity contribution < 1.29 is 4.79 Å². The summed E-state index contributed by atoms with van der Waals surface area (Å²) in [5, 5.41) is 4.54. The summed E-state index contributed by atoms with van der Waals surface area (Å²) in [6.07, 6.45) is 6.48. The minimum Gasteiger partial charge on any atom is -0.361 e. The molecule has 1 saturated carbocycles. The van der Waals surface area contributed by atoms with Gasteiger partial charge in [0.15, 0.2) is 5.13 Å². The second kappa shape index (κ2) is 6.74. The van der Waals surface area contributed by atoms with Crippen LogP contribution in [0, 0.1) is 6.92 Å². The minimum absolute atomic E-state index is 0.102. The van der Waals surface area contributed by atoms with E-state index in [0.29, 0.717) is 6.54 Å². The Labute approximate surface area is 169 Å². The van der Waals surface area contributed by atoms with Crippen molar-refractivity contribution in [3.63, 3.8) is 0 Å². The molecule has 0 unspecified atom stereocenters. The third-order valence-electron chi connectivity index (χ3n) is 6.75. The number of nitrogens with one attached hydrogen (secondary N) is 1. The van der Waals surface area contributed by atoms with Crippen LogP contribution in [0.5, 0.6) is 0 Å². The average molecular weight is 398 g/mol. The van der Waals surface area contributed by atoms with Gasteiger partial charge in [0.1, 0.15) is 0 Å². The van der Waals surface area contributed by atoms with Crippen molar-refractivity contribution in [1.82, 2.24) is 9.88 Å². The van der Waals surface area contributed by atoms with Gasteiger partial charge in [-0.3, -0.25) is 4.90 Å². The van der Waals surface area contributed by atoms with Crippen LogP contribution in [0.25, 0.3) is 0 Å². The number of anilines is 2. The highest BCUT2D eigenvalue weighted by molar-refractivity contribution is 7.15. The third kappa shape index (κ3) is 2.88. The van der Waals surface area contributed by atoms with Gasteiger partial charge in [-0.25, -0.2) is 9.78 Å². The number of carbonyl (C=O) groups is 1. The fourth-order valence-electron chi connectivity index (χ4n) is 4.83. The fourth-order valence-corrected chi connectivity index (χ4v) is 5.49. The van der Waals surface area contributed by atoms with Gasteiger partial charge in [-0.2, -0.15) is 0 Å². The number of nitrogens with two attached hydrogens (primary N) is 1. The van der Waals surface area contributed by atoms with Crippen LogP contribution in [0.15, 0.2) is 30.5 Å². The van der Waals surface area contributed by atoms with Gasteiger partial charge in [-0.15, -0.1) is 11.3 Å². The first kappa shape index (κ1) is 17.9. The monoisotopic (exact) mass is 397 g/mol. The van der Waals surface area contributed by atoms with Gasteiger partial charge >= 0.3 is 6.03 Å². The number of carbonyl (C=O) groups excluding carboxylic acids is 1. The number of rotatable bonds is 5. The van der Waals surface area contributed by atoms with Crippen LogP contribution in [-0.2, 0) is 5.41 Å². The number of aromatic nitrogens is 1. The molecule has 0 radical (unpaired) electrons. The highest BCUT2D eigenvalue weighted by atomic mass is 32.1. The quantitative estimate of drug-likeness (QED) is 0.812. The summed E-state index contributed by atoms with van der Waals surface area (Å²) >= 11 is 1.70. The summed E-state index contributed by atoms with van der Waals surface area (Å²) in [5.74, 6) is 0. The van der Waals surface area contributed by atoms with Crippen LogP contribution in [0.1, 0.15) is 36.1 Å². The zero-order chi connectivity index (χ0) is 19.3. The molecule has 28 heavy (non-hydrogen) atoms. The van der Waals surface area contributed by atoms with E-state index >= 15 is 0 Å². The second-order valence-corrected chi connectivity index (χ2v) is 9.65. The Kier molecular flexibility index (Phi) is 4.32. The molecule has 2 aromatic rings. The van der Waals surface area contributed by atoms with Crippen LogP contribution in [0.4, 0.5) is 15.6 Å².